The van der Waals surface area contributed by atoms with E-state index in [-0.39, 0.29) is 0 Å². The summed E-state index contributed by atoms with van der Waals surface area (Å²) in [5, 5.41) is 4.45. The molecule has 0 amide bonds. The van der Waals surface area contributed by atoms with Crippen LogP contribution in [0.1, 0.15) is 12.0 Å². The lowest BCUT2D eigenvalue weighted by Crippen LogP contribution is -2.35. The van der Waals surface area contributed by atoms with Crippen molar-refractivity contribution in [3.8, 4) is 5.75 Å². The van der Waals surface area contributed by atoms with E-state index in [1.807, 2.05) is 43.0 Å². The molecule has 1 N–H and O–H groups in total. The molecule has 0 aliphatic carbocycles. The van der Waals surface area contributed by atoms with Crippen LogP contribution in [0.4, 0.5) is 5.69 Å². The minimum atomic E-state index is 0.536. The quantitative estimate of drug-likeness (QED) is 0.555. The molecule has 0 unspecified atom stereocenters. The monoisotopic (exact) mass is 415 g/mol. The highest BCUT2D eigenvalue weighted by Gasteiger charge is 2.12. The van der Waals surface area contributed by atoms with Gasteiger partial charge in [0.2, 0.25) is 0 Å². The first-order valence-corrected chi connectivity index (χ1v) is 9.68. The number of aromatic nitrogens is 3. The molecule has 0 radical (unpaired) electrons. The molecule has 0 fully saturated rings. The maximum Gasteiger partial charge on any atom is 0.173 e. The Morgan fingerprint density at radius 2 is 2.18 bits per heavy atom. The van der Waals surface area contributed by atoms with Crippen LogP contribution < -0.4 is 10.1 Å². The number of thiocarbonyl (C=S) groups is 1. The van der Waals surface area contributed by atoms with E-state index in [1.165, 1.54) is 0 Å². The highest BCUT2D eigenvalue weighted by atomic mass is 35.5. The van der Waals surface area contributed by atoms with Crippen LogP contribution in [-0.4, -0.2) is 38.2 Å². The minimum Gasteiger partial charge on any atom is -0.495 e. The highest BCUT2D eigenvalue weighted by Crippen LogP contribution is 2.27. The molecular formula is C20H22ClN5OS. The first-order chi connectivity index (χ1) is 13.7. The zero-order valence-electron chi connectivity index (χ0n) is 15.6. The number of benzene rings is 1. The molecule has 0 saturated heterocycles. The second kappa shape index (κ2) is 10.1. The largest absolute Gasteiger partial charge is 0.495 e. The normalized spacial score (nSPS) is 10.5. The molecule has 3 aromatic rings. The van der Waals surface area contributed by atoms with Crippen molar-refractivity contribution < 1.29 is 4.74 Å². The number of nitrogens with zero attached hydrogens (tertiary/aromatic N) is 4. The smallest absolute Gasteiger partial charge is 0.173 e. The molecule has 0 bridgehead atoms. The summed E-state index contributed by atoms with van der Waals surface area (Å²) in [6.45, 7) is 2.34. The van der Waals surface area contributed by atoms with Crippen LogP contribution in [0, 0.1) is 0 Å². The van der Waals surface area contributed by atoms with Gasteiger partial charge in [0.25, 0.3) is 0 Å². The summed E-state index contributed by atoms with van der Waals surface area (Å²) in [5.74, 6) is 0.630. The maximum atomic E-state index is 6.22. The number of ether oxygens (including phenoxy) is 1. The van der Waals surface area contributed by atoms with Crippen molar-refractivity contribution in [2.75, 3.05) is 19.0 Å². The molecule has 6 nitrogen and oxygen atoms in total. The van der Waals surface area contributed by atoms with Crippen molar-refractivity contribution in [1.29, 1.82) is 0 Å². The fraction of sp³-hybridized carbons (Fsp3) is 0.250. The van der Waals surface area contributed by atoms with Gasteiger partial charge in [0.05, 0.1) is 18.5 Å². The molecular weight excluding hydrogens is 394 g/mol. The van der Waals surface area contributed by atoms with Gasteiger partial charge in [-0.2, -0.15) is 0 Å². The Bertz CT molecular complexity index is 889. The second-order valence-corrected chi connectivity index (χ2v) is 7.01. The average molecular weight is 416 g/mol. The van der Waals surface area contributed by atoms with Crippen molar-refractivity contribution in [3.63, 3.8) is 0 Å². The van der Waals surface area contributed by atoms with Crippen LogP contribution in [0.3, 0.4) is 0 Å². The number of anilines is 1. The average Bonchev–Trinajstić information content (AvgIpc) is 3.21. The molecule has 1 aromatic carbocycles. The van der Waals surface area contributed by atoms with E-state index in [2.05, 4.69) is 24.8 Å². The minimum absolute atomic E-state index is 0.536. The van der Waals surface area contributed by atoms with Crippen LogP contribution >= 0.6 is 23.8 Å². The molecule has 0 spiro atoms. The lowest BCUT2D eigenvalue weighted by molar-refractivity contribution is 0.395. The Hall–Kier alpha value is -2.64. The predicted octanol–water partition coefficient (Wildman–Crippen LogP) is 4.23. The van der Waals surface area contributed by atoms with E-state index in [9.17, 15) is 0 Å². The zero-order valence-corrected chi connectivity index (χ0v) is 17.2. The van der Waals surface area contributed by atoms with E-state index in [4.69, 9.17) is 28.6 Å². The third-order valence-electron chi connectivity index (χ3n) is 4.19. The van der Waals surface area contributed by atoms with Gasteiger partial charge in [-0.05, 0) is 48.5 Å². The number of pyridine rings is 1. The van der Waals surface area contributed by atoms with Gasteiger partial charge in [-0.1, -0.05) is 17.7 Å². The van der Waals surface area contributed by atoms with Gasteiger partial charge in [0.15, 0.2) is 5.11 Å². The molecule has 3 rings (SSSR count). The van der Waals surface area contributed by atoms with E-state index in [0.29, 0.717) is 22.4 Å². The van der Waals surface area contributed by atoms with Gasteiger partial charge in [-0.25, -0.2) is 4.98 Å². The molecule has 0 saturated carbocycles. The number of hydrogen-bond donors (Lipinski definition) is 1. The van der Waals surface area contributed by atoms with Gasteiger partial charge >= 0.3 is 0 Å². The number of methoxy groups -OCH3 is 1. The van der Waals surface area contributed by atoms with Crippen molar-refractivity contribution in [1.82, 2.24) is 19.4 Å². The fourth-order valence-corrected chi connectivity index (χ4v) is 3.31. The van der Waals surface area contributed by atoms with Crippen molar-refractivity contribution in [2.45, 2.75) is 19.5 Å². The summed E-state index contributed by atoms with van der Waals surface area (Å²) in [5.41, 5.74) is 1.92. The number of aryl methyl sites for hydroxylation is 1. The van der Waals surface area contributed by atoms with Crippen molar-refractivity contribution >= 4 is 34.6 Å². The van der Waals surface area contributed by atoms with E-state index in [1.54, 1.807) is 25.6 Å². The number of hydrogen-bond acceptors (Lipinski definition) is 4. The first kappa shape index (κ1) is 20.1. The van der Waals surface area contributed by atoms with Gasteiger partial charge in [-0.3, -0.25) is 4.98 Å². The van der Waals surface area contributed by atoms with Crippen LogP contribution in [0.25, 0.3) is 0 Å². The standard InChI is InChI=1S/C20H22ClN5OS/c1-27-19-6-5-17(12-18(19)21)24-20(28)26(14-16-4-2-7-22-13-16)10-3-9-25-11-8-23-15-25/h2,4-8,11-13,15H,3,9-10,14H2,1H3,(H,24,28). The summed E-state index contributed by atoms with van der Waals surface area (Å²) in [4.78, 5) is 10.4. The van der Waals surface area contributed by atoms with Gasteiger partial charge in [0.1, 0.15) is 5.75 Å². The van der Waals surface area contributed by atoms with E-state index < -0.39 is 0 Å². The Labute approximate surface area is 175 Å². The molecule has 0 atom stereocenters. The summed E-state index contributed by atoms with van der Waals surface area (Å²) < 4.78 is 7.26. The number of halogens is 1. The predicted molar refractivity (Wildman–Crippen MR) is 116 cm³/mol. The molecule has 8 heteroatoms. The molecule has 0 aliphatic heterocycles. The molecule has 0 aliphatic rings. The SMILES string of the molecule is COc1ccc(NC(=S)N(CCCn2ccnc2)Cc2cccnc2)cc1Cl. The molecule has 28 heavy (non-hydrogen) atoms. The van der Waals surface area contributed by atoms with Gasteiger partial charge < -0.3 is 19.5 Å². The number of rotatable bonds is 8. The van der Waals surface area contributed by atoms with Gasteiger partial charge in [-0.15, -0.1) is 0 Å². The van der Waals surface area contributed by atoms with Crippen LogP contribution in [0.5, 0.6) is 5.75 Å². The number of nitrogens with one attached hydrogen (secondary N) is 1. The Morgan fingerprint density at radius 3 is 2.86 bits per heavy atom. The zero-order chi connectivity index (χ0) is 19.8. The maximum absolute atomic E-state index is 6.22. The Kier molecular flexibility index (Phi) is 7.22. The second-order valence-electron chi connectivity index (χ2n) is 6.22. The van der Waals surface area contributed by atoms with Crippen LogP contribution in [-0.2, 0) is 13.1 Å². The Morgan fingerprint density at radius 1 is 1.29 bits per heavy atom. The fourth-order valence-electron chi connectivity index (χ4n) is 2.77. The summed E-state index contributed by atoms with van der Waals surface area (Å²) >= 11 is 11.9. The lowest BCUT2D eigenvalue weighted by atomic mass is 10.2. The highest BCUT2D eigenvalue weighted by molar-refractivity contribution is 7.80. The van der Waals surface area contributed by atoms with Crippen LogP contribution in [0.15, 0.2) is 61.4 Å². The lowest BCUT2D eigenvalue weighted by Gasteiger charge is -2.26. The third kappa shape index (κ3) is 5.68. The van der Waals surface area contributed by atoms with E-state index >= 15 is 0 Å². The van der Waals surface area contributed by atoms with Crippen LogP contribution in [0.2, 0.25) is 5.02 Å². The molecule has 146 valence electrons. The van der Waals surface area contributed by atoms with E-state index in [0.717, 1.165) is 30.8 Å². The van der Waals surface area contributed by atoms with Crippen molar-refractivity contribution in [2.24, 2.45) is 0 Å². The van der Waals surface area contributed by atoms with Crippen molar-refractivity contribution in [3.05, 3.63) is 72.0 Å². The summed E-state index contributed by atoms with van der Waals surface area (Å²) in [7, 11) is 1.59. The molecule has 2 aromatic heterocycles. The number of imidazole rings is 1. The first-order valence-electron chi connectivity index (χ1n) is 8.90. The molecule has 2 heterocycles. The summed E-state index contributed by atoms with van der Waals surface area (Å²) in [6.07, 6.45) is 10.1. The topological polar surface area (TPSA) is 55.2 Å². The third-order valence-corrected chi connectivity index (χ3v) is 4.85. The van der Waals surface area contributed by atoms with Gasteiger partial charge in [0, 0.05) is 50.1 Å². The summed E-state index contributed by atoms with van der Waals surface area (Å²) in [6, 6.07) is 9.49. The Balaban J connectivity index is 1.67.